The molecular formula is C22H28ClIN4O. The zero-order chi connectivity index (χ0) is 19.8. The second kappa shape index (κ2) is 12.0. The molecule has 2 N–H and O–H groups in total. The minimum atomic E-state index is 0. The molecule has 1 fully saturated rings. The van der Waals surface area contributed by atoms with Crippen molar-refractivity contribution < 1.29 is 4.79 Å². The first kappa shape index (κ1) is 23.5. The van der Waals surface area contributed by atoms with Gasteiger partial charge in [-0.1, -0.05) is 48.0 Å². The molecule has 1 saturated heterocycles. The van der Waals surface area contributed by atoms with E-state index < -0.39 is 0 Å². The van der Waals surface area contributed by atoms with E-state index in [0.717, 1.165) is 36.9 Å². The molecule has 2 aromatic rings. The van der Waals surface area contributed by atoms with Gasteiger partial charge in [-0.05, 0) is 41.7 Å². The minimum Gasteiger partial charge on any atom is -0.356 e. The van der Waals surface area contributed by atoms with E-state index in [1.165, 1.54) is 16.7 Å². The zero-order valence-corrected chi connectivity index (χ0v) is 19.7. The lowest BCUT2D eigenvalue weighted by atomic mass is 10.1. The number of hydrogen-bond donors (Lipinski definition) is 2. The number of nitrogens with one attached hydrogen (secondary N) is 2. The first-order chi connectivity index (χ1) is 13.6. The van der Waals surface area contributed by atoms with Gasteiger partial charge in [0.15, 0.2) is 5.96 Å². The number of aliphatic imine (C=N–C) groups is 1. The van der Waals surface area contributed by atoms with Crippen molar-refractivity contribution >= 4 is 47.4 Å². The van der Waals surface area contributed by atoms with Crippen LogP contribution in [0.2, 0.25) is 5.02 Å². The molecule has 0 aromatic heterocycles. The van der Waals surface area contributed by atoms with E-state index >= 15 is 0 Å². The van der Waals surface area contributed by atoms with Crippen LogP contribution in [0.15, 0.2) is 53.5 Å². The van der Waals surface area contributed by atoms with E-state index in [2.05, 4.69) is 39.9 Å². The van der Waals surface area contributed by atoms with Crippen LogP contribution in [-0.4, -0.2) is 36.9 Å². The van der Waals surface area contributed by atoms with Gasteiger partial charge in [0.2, 0.25) is 5.91 Å². The van der Waals surface area contributed by atoms with Crippen LogP contribution in [0, 0.1) is 0 Å². The summed E-state index contributed by atoms with van der Waals surface area (Å²) in [5.41, 5.74) is 3.58. The highest BCUT2D eigenvalue weighted by atomic mass is 127. The summed E-state index contributed by atoms with van der Waals surface area (Å²) in [6, 6.07) is 16.3. The molecule has 0 bridgehead atoms. The fourth-order valence-electron chi connectivity index (χ4n) is 3.24. The van der Waals surface area contributed by atoms with E-state index in [1.54, 1.807) is 7.05 Å². The zero-order valence-electron chi connectivity index (χ0n) is 16.7. The van der Waals surface area contributed by atoms with Gasteiger partial charge in [0.05, 0.1) is 0 Å². The maximum Gasteiger partial charge on any atom is 0.222 e. The molecule has 1 aliphatic heterocycles. The monoisotopic (exact) mass is 526 g/mol. The second-order valence-electron chi connectivity index (χ2n) is 6.96. The van der Waals surface area contributed by atoms with Crippen LogP contribution >= 0.6 is 35.6 Å². The van der Waals surface area contributed by atoms with Crippen LogP contribution < -0.4 is 10.6 Å². The van der Waals surface area contributed by atoms with Gasteiger partial charge >= 0.3 is 0 Å². The van der Waals surface area contributed by atoms with E-state index in [0.29, 0.717) is 19.5 Å². The highest BCUT2D eigenvalue weighted by Crippen LogP contribution is 2.14. The quantitative estimate of drug-likeness (QED) is 0.326. The van der Waals surface area contributed by atoms with Gasteiger partial charge in [-0.2, -0.15) is 0 Å². The topological polar surface area (TPSA) is 56.7 Å². The van der Waals surface area contributed by atoms with Crippen molar-refractivity contribution in [2.24, 2.45) is 4.99 Å². The summed E-state index contributed by atoms with van der Waals surface area (Å²) in [5, 5.41) is 7.42. The Hall–Kier alpha value is -1.80. The minimum absolute atomic E-state index is 0. The molecule has 5 nitrogen and oxygen atoms in total. The predicted octanol–water partition coefficient (Wildman–Crippen LogP) is 3.99. The number of carbonyl (C=O) groups excluding carboxylic acids is 1. The summed E-state index contributed by atoms with van der Waals surface area (Å²) in [5.74, 6) is 1.04. The van der Waals surface area contributed by atoms with Gasteiger partial charge in [-0.3, -0.25) is 9.79 Å². The summed E-state index contributed by atoms with van der Waals surface area (Å²) in [4.78, 5) is 17.9. The fourth-order valence-corrected chi connectivity index (χ4v) is 3.36. The average Bonchev–Trinajstić information content (AvgIpc) is 3.11. The molecule has 1 heterocycles. The number of amides is 1. The number of guanidine groups is 1. The van der Waals surface area contributed by atoms with E-state index in [4.69, 9.17) is 11.6 Å². The van der Waals surface area contributed by atoms with Crippen molar-refractivity contribution in [2.75, 3.05) is 20.1 Å². The maximum absolute atomic E-state index is 11.7. The van der Waals surface area contributed by atoms with Gasteiger partial charge in [-0.25, -0.2) is 0 Å². The molecule has 29 heavy (non-hydrogen) atoms. The molecule has 0 radical (unpaired) electrons. The molecule has 2 aromatic carbocycles. The third-order valence-corrected chi connectivity index (χ3v) is 5.12. The molecule has 1 amide bonds. The van der Waals surface area contributed by atoms with Crippen LogP contribution in [0.5, 0.6) is 0 Å². The largest absolute Gasteiger partial charge is 0.356 e. The summed E-state index contributed by atoms with van der Waals surface area (Å²) in [6.45, 7) is 3.08. The molecule has 0 saturated carbocycles. The van der Waals surface area contributed by atoms with Crippen molar-refractivity contribution in [1.29, 1.82) is 0 Å². The molecule has 0 spiro atoms. The number of carbonyl (C=O) groups is 1. The predicted molar refractivity (Wildman–Crippen MR) is 130 cm³/mol. The van der Waals surface area contributed by atoms with E-state index in [1.807, 2.05) is 29.2 Å². The Labute approximate surface area is 194 Å². The number of rotatable bonds is 7. The van der Waals surface area contributed by atoms with Crippen LogP contribution in [0.4, 0.5) is 0 Å². The Morgan fingerprint density at radius 1 is 1.03 bits per heavy atom. The summed E-state index contributed by atoms with van der Waals surface area (Å²) in [6.07, 6.45) is 2.57. The molecule has 7 heteroatoms. The molecular weight excluding hydrogens is 499 g/mol. The molecule has 1 aliphatic rings. The number of nitrogens with zero attached hydrogens (tertiary/aromatic N) is 2. The lowest BCUT2D eigenvalue weighted by Crippen LogP contribution is -2.37. The van der Waals surface area contributed by atoms with Crippen molar-refractivity contribution in [3.63, 3.8) is 0 Å². The number of hydrogen-bond acceptors (Lipinski definition) is 2. The van der Waals surface area contributed by atoms with E-state index in [9.17, 15) is 4.79 Å². The van der Waals surface area contributed by atoms with Crippen molar-refractivity contribution in [2.45, 2.75) is 32.4 Å². The van der Waals surface area contributed by atoms with Crippen LogP contribution in [-0.2, 0) is 24.3 Å². The Kier molecular flexibility index (Phi) is 9.73. The average molecular weight is 527 g/mol. The Morgan fingerprint density at radius 2 is 1.69 bits per heavy atom. The van der Waals surface area contributed by atoms with E-state index in [-0.39, 0.29) is 29.9 Å². The SMILES string of the molecule is CN=C(NCCc1ccc(Cl)cc1)NCc1ccc(CN2CCCC2=O)cc1.I. The Morgan fingerprint density at radius 3 is 2.31 bits per heavy atom. The van der Waals surface area contributed by atoms with Gasteiger partial charge in [0, 0.05) is 44.7 Å². The highest BCUT2D eigenvalue weighted by molar-refractivity contribution is 14.0. The molecule has 3 rings (SSSR count). The van der Waals surface area contributed by atoms with Gasteiger partial charge < -0.3 is 15.5 Å². The van der Waals surface area contributed by atoms with Crippen LogP contribution in [0.1, 0.15) is 29.5 Å². The third kappa shape index (κ3) is 7.51. The Balaban J connectivity index is 0.00000300. The van der Waals surface area contributed by atoms with Gasteiger partial charge in [-0.15, -0.1) is 24.0 Å². The van der Waals surface area contributed by atoms with Crippen LogP contribution in [0.25, 0.3) is 0 Å². The molecule has 0 unspecified atom stereocenters. The molecule has 156 valence electrons. The highest BCUT2D eigenvalue weighted by Gasteiger charge is 2.19. The number of halogens is 2. The fraction of sp³-hybridized carbons (Fsp3) is 0.364. The summed E-state index contributed by atoms with van der Waals surface area (Å²) < 4.78 is 0. The maximum atomic E-state index is 11.7. The standard InChI is InChI=1S/C22H27ClN4O.HI/c1-24-22(25-13-12-17-8-10-20(23)11-9-17)26-15-18-4-6-19(7-5-18)16-27-14-2-3-21(27)28;/h4-11H,2-3,12-16H2,1H3,(H2,24,25,26);1H. The Bertz CT molecular complexity index is 809. The lowest BCUT2D eigenvalue weighted by Gasteiger charge is -2.16. The smallest absolute Gasteiger partial charge is 0.222 e. The normalized spacial score (nSPS) is 13.9. The van der Waals surface area contributed by atoms with Crippen molar-refractivity contribution in [3.05, 3.63) is 70.2 Å². The molecule has 0 atom stereocenters. The second-order valence-corrected chi connectivity index (χ2v) is 7.40. The number of likely N-dealkylation sites (tertiary alicyclic amines) is 1. The van der Waals surface area contributed by atoms with Crippen LogP contribution in [0.3, 0.4) is 0 Å². The number of benzene rings is 2. The van der Waals surface area contributed by atoms with Crippen molar-refractivity contribution in [1.82, 2.24) is 15.5 Å². The summed E-state index contributed by atoms with van der Waals surface area (Å²) in [7, 11) is 1.77. The summed E-state index contributed by atoms with van der Waals surface area (Å²) >= 11 is 5.91. The third-order valence-electron chi connectivity index (χ3n) is 4.87. The van der Waals surface area contributed by atoms with Crippen molar-refractivity contribution in [3.8, 4) is 0 Å². The lowest BCUT2D eigenvalue weighted by molar-refractivity contribution is -0.128. The van der Waals surface area contributed by atoms with Gasteiger partial charge in [0.25, 0.3) is 0 Å². The first-order valence-electron chi connectivity index (χ1n) is 9.68. The van der Waals surface area contributed by atoms with Gasteiger partial charge in [0.1, 0.15) is 0 Å². The molecule has 0 aliphatic carbocycles. The first-order valence-corrected chi connectivity index (χ1v) is 10.1.